The number of nitrogens with zero attached hydrogens (tertiary/aromatic N) is 2. The first-order valence-corrected chi connectivity index (χ1v) is 6.76. The van der Waals surface area contributed by atoms with Gasteiger partial charge in [0, 0.05) is 11.0 Å². The molecule has 19 heavy (non-hydrogen) atoms. The van der Waals surface area contributed by atoms with E-state index in [-0.39, 0.29) is 12.4 Å². The molecule has 3 rings (SSSR count). The molecule has 1 aliphatic rings. The maximum absolute atomic E-state index is 12.5. The zero-order valence-electron chi connectivity index (χ0n) is 10.6. The molecule has 4 nitrogen and oxygen atoms in total. The van der Waals surface area contributed by atoms with Gasteiger partial charge in [-0.25, -0.2) is 0 Å². The van der Waals surface area contributed by atoms with Crippen molar-refractivity contribution in [3.8, 4) is 5.75 Å². The van der Waals surface area contributed by atoms with Crippen molar-refractivity contribution < 1.29 is 9.53 Å². The van der Waals surface area contributed by atoms with E-state index >= 15 is 0 Å². The molecule has 0 saturated carbocycles. The fraction of sp³-hybridized carbons (Fsp3) is 0.214. The summed E-state index contributed by atoms with van der Waals surface area (Å²) in [5.41, 5.74) is 3.91. The molecule has 0 saturated heterocycles. The number of aromatic nitrogens is 2. The number of Topliss-reactive ketones (excluding diaryl/α,β-unsaturated/α-hetero) is 1. The molecular weight excluding hydrogens is 260 g/mol. The zero-order chi connectivity index (χ0) is 13.4. The normalized spacial score (nSPS) is 16.3. The average Bonchev–Trinajstić information content (AvgIpc) is 2.89. The van der Waals surface area contributed by atoms with Crippen LogP contribution in [-0.4, -0.2) is 22.0 Å². The van der Waals surface area contributed by atoms with E-state index in [9.17, 15) is 4.79 Å². The van der Waals surface area contributed by atoms with Crippen molar-refractivity contribution in [3.05, 3.63) is 45.5 Å². The molecule has 0 unspecified atom stereocenters. The predicted molar refractivity (Wildman–Crippen MR) is 73.6 cm³/mol. The van der Waals surface area contributed by atoms with E-state index in [0.29, 0.717) is 22.6 Å². The number of hydrogen-bond acceptors (Lipinski definition) is 5. The molecule has 0 atom stereocenters. The molecule has 0 fully saturated rings. The lowest BCUT2D eigenvalue weighted by atomic mass is 9.93. The Bertz CT molecular complexity index is 675. The van der Waals surface area contributed by atoms with Crippen LogP contribution in [0.2, 0.25) is 0 Å². The highest BCUT2D eigenvalue weighted by atomic mass is 32.1. The van der Waals surface area contributed by atoms with Gasteiger partial charge in [-0.1, -0.05) is 16.6 Å². The fourth-order valence-electron chi connectivity index (χ4n) is 2.15. The van der Waals surface area contributed by atoms with Gasteiger partial charge < -0.3 is 4.74 Å². The summed E-state index contributed by atoms with van der Waals surface area (Å²) in [6, 6.07) is 3.92. The van der Waals surface area contributed by atoms with Crippen molar-refractivity contribution in [1.82, 2.24) is 9.59 Å². The molecule has 0 aliphatic carbocycles. The van der Waals surface area contributed by atoms with Gasteiger partial charge in [0.25, 0.3) is 0 Å². The minimum atomic E-state index is 0.0236. The van der Waals surface area contributed by atoms with Crippen LogP contribution >= 0.6 is 11.5 Å². The summed E-state index contributed by atoms with van der Waals surface area (Å²) in [5.74, 6) is 0.731. The highest BCUT2D eigenvalue weighted by molar-refractivity contribution is 7.03. The molecule has 96 valence electrons. The van der Waals surface area contributed by atoms with Crippen molar-refractivity contribution in [2.45, 2.75) is 13.8 Å². The third kappa shape index (κ3) is 2.06. The number of rotatable bonds is 1. The summed E-state index contributed by atoms with van der Waals surface area (Å²) in [4.78, 5) is 12.5. The summed E-state index contributed by atoms with van der Waals surface area (Å²) in [6.45, 7) is 4.16. The summed E-state index contributed by atoms with van der Waals surface area (Å²) in [7, 11) is 0. The van der Waals surface area contributed by atoms with Gasteiger partial charge in [0.2, 0.25) is 0 Å². The first-order chi connectivity index (χ1) is 9.16. The summed E-state index contributed by atoms with van der Waals surface area (Å²) >= 11 is 1.26. The molecule has 0 radical (unpaired) electrons. The Morgan fingerprint density at radius 3 is 2.84 bits per heavy atom. The van der Waals surface area contributed by atoms with Crippen LogP contribution in [0.5, 0.6) is 5.75 Å². The Balaban J connectivity index is 2.08. The number of ether oxygens (including phenoxy) is 1. The number of carbonyl (C=O) groups is 1. The second-order valence-corrected chi connectivity index (χ2v) is 5.13. The number of carbonyl (C=O) groups excluding carboxylic acids is 1. The predicted octanol–water partition coefficient (Wildman–Crippen LogP) is 2.81. The van der Waals surface area contributed by atoms with E-state index < -0.39 is 0 Å². The van der Waals surface area contributed by atoms with Crippen molar-refractivity contribution in [3.63, 3.8) is 0 Å². The van der Waals surface area contributed by atoms with Crippen LogP contribution in [0.1, 0.15) is 27.2 Å². The van der Waals surface area contributed by atoms with Crippen molar-refractivity contribution in [1.29, 1.82) is 0 Å². The SMILES string of the molecule is Cc1ccc(C)c2c1OC/C(=C/c1csnn1)C2=O. The average molecular weight is 272 g/mol. The van der Waals surface area contributed by atoms with Crippen LogP contribution in [0.15, 0.2) is 23.1 Å². The Morgan fingerprint density at radius 1 is 1.32 bits per heavy atom. The minimum Gasteiger partial charge on any atom is -0.488 e. The lowest BCUT2D eigenvalue weighted by molar-refractivity contribution is 0.0999. The van der Waals surface area contributed by atoms with Crippen LogP contribution in [0.3, 0.4) is 0 Å². The monoisotopic (exact) mass is 272 g/mol. The van der Waals surface area contributed by atoms with Gasteiger partial charge in [-0.3, -0.25) is 4.79 Å². The maximum atomic E-state index is 12.5. The molecular formula is C14H12N2O2S. The van der Waals surface area contributed by atoms with Crippen LogP contribution in [0.25, 0.3) is 6.08 Å². The summed E-state index contributed by atoms with van der Waals surface area (Å²) in [6.07, 6.45) is 1.75. The Hall–Kier alpha value is -2.01. The number of ketones is 1. The molecule has 1 aromatic carbocycles. The Labute approximate surface area is 114 Å². The Kier molecular flexibility index (Phi) is 2.91. The topological polar surface area (TPSA) is 52.1 Å². The number of aryl methyl sites for hydroxylation is 2. The van der Waals surface area contributed by atoms with Crippen molar-refractivity contribution >= 4 is 23.4 Å². The first-order valence-electron chi connectivity index (χ1n) is 5.92. The van der Waals surface area contributed by atoms with Gasteiger partial charge in [0.05, 0.1) is 11.3 Å². The molecule has 5 heteroatoms. The standard InChI is InChI=1S/C14H12N2O2S/c1-8-3-4-9(2)14-12(8)13(17)10(6-18-14)5-11-7-19-16-15-11/h3-5,7H,6H2,1-2H3/b10-5-. The highest BCUT2D eigenvalue weighted by Gasteiger charge is 2.26. The van der Waals surface area contributed by atoms with Gasteiger partial charge in [-0.05, 0) is 42.6 Å². The molecule has 0 N–H and O–H groups in total. The quantitative estimate of drug-likeness (QED) is 0.749. The summed E-state index contributed by atoms with van der Waals surface area (Å²) < 4.78 is 9.52. The van der Waals surface area contributed by atoms with Crippen LogP contribution < -0.4 is 4.74 Å². The van der Waals surface area contributed by atoms with Gasteiger partial charge in [-0.15, -0.1) is 5.10 Å². The second kappa shape index (κ2) is 4.59. The lowest BCUT2D eigenvalue weighted by Crippen LogP contribution is -2.21. The molecule has 0 spiro atoms. The first kappa shape index (κ1) is 12.0. The fourth-order valence-corrected chi connectivity index (χ4v) is 2.56. The van der Waals surface area contributed by atoms with Gasteiger partial charge in [0.15, 0.2) is 5.78 Å². The molecule has 1 aromatic heterocycles. The van der Waals surface area contributed by atoms with E-state index in [1.54, 1.807) is 11.5 Å². The summed E-state index contributed by atoms with van der Waals surface area (Å²) in [5, 5.41) is 5.73. The molecule has 0 amide bonds. The number of hydrogen-bond donors (Lipinski definition) is 0. The second-order valence-electron chi connectivity index (χ2n) is 4.52. The molecule has 1 aliphatic heterocycles. The molecule has 0 bridgehead atoms. The van der Waals surface area contributed by atoms with Crippen molar-refractivity contribution in [2.75, 3.05) is 6.61 Å². The Morgan fingerprint density at radius 2 is 2.11 bits per heavy atom. The van der Waals surface area contributed by atoms with Crippen LogP contribution in [0.4, 0.5) is 0 Å². The third-order valence-electron chi connectivity index (χ3n) is 3.15. The van der Waals surface area contributed by atoms with Crippen molar-refractivity contribution in [2.24, 2.45) is 0 Å². The van der Waals surface area contributed by atoms with E-state index in [1.165, 1.54) is 11.5 Å². The lowest BCUT2D eigenvalue weighted by Gasteiger charge is -2.22. The van der Waals surface area contributed by atoms with E-state index in [0.717, 1.165) is 11.1 Å². The molecule has 2 heterocycles. The van der Waals surface area contributed by atoms with Gasteiger partial charge in [-0.2, -0.15) is 0 Å². The number of fused-ring (bicyclic) bond motifs is 1. The van der Waals surface area contributed by atoms with E-state index in [4.69, 9.17) is 4.74 Å². The number of benzene rings is 1. The van der Waals surface area contributed by atoms with E-state index in [1.807, 2.05) is 26.0 Å². The third-order valence-corrected chi connectivity index (χ3v) is 3.68. The van der Waals surface area contributed by atoms with Crippen LogP contribution in [0, 0.1) is 13.8 Å². The largest absolute Gasteiger partial charge is 0.488 e. The maximum Gasteiger partial charge on any atom is 0.196 e. The smallest absolute Gasteiger partial charge is 0.196 e. The van der Waals surface area contributed by atoms with Crippen LogP contribution in [-0.2, 0) is 0 Å². The van der Waals surface area contributed by atoms with Gasteiger partial charge in [0.1, 0.15) is 12.4 Å². The van der Waals surface area contributed by atoms with E-state index in [2.05, 4.69) is 9.59 Å². The highest BCUT2D eigenvalue weighted by Crippen LogP contribution is 2.33. The van der Waals surface area contributed by atoms with Gasteiger partial charge >= 0.3 is 0 Å². The zero-order valence-corrected chi connectivity index (χ0v) is 11.5. The molecule has 2 aromatic rings. The minimum absolute atomic E-state index is 0.0236.